The zero-order chi connectivity index (χ0) is 16.0. The predicted octanol–water partition coefficient (Wildman–Crippen LogP) is 1.57. The van der Waals surface area contributed by atoms with Crippen LogP contribution in [0.15, 0.2) is 21.7 Å². The van der Waals surface area contributed by atoms with Crippen LogP contribution in [0.2, 0.25) is 0 Å². The highest BCUT2D eigenvalue weighted by Gasteiger charge is 2.26. The smallest absolute Gasteiger partial charge is 0.472 e. The van der Waals surface area contributed by atoms with E-state index in [2.05, 4.69) is 16.7 Å². The maximum absolute atomic E-state index is 9.37. The van der Waals surface area contributed by atoms with Gasteiger partial charge in [0.25, 0.3) is 0 Å². The van der Waals surface area contributed by atoms with Crippen LogP contribution < -0.4 is 0 Å². The number of hydrogen-bond donors (Lipinski definition) is 2. The van der Waals surface area contributed by atoms with E-state index in [1.807, 2.05) is 41.5 Å². The van der Waals surface area contributed by atoms with Crippen molar-refractivity contribution in [3.63, 3.8) is 0 Å². The van der Waals surface area contributed by atoms with Crippen molar-refractivity contribution in [3.05, 3.63) is 11.7 Å². The van der Waals surface area contributed by atoms with Crippen LogP contribution in [-0.4, -0.2) is 47.7 Å². The van der Waals surface area contributed by atoms with E-state index < -0.39 is 12.7 Å². The molecule has 20 heavy (non-hydrogen) atoms. The first kappa shape index (κ1) is 18.8. The molecule has 0 rings (SSSR count). The van der Waals surface area contributed by atoms with Gasteiger partial charge in [-0.15, -0.1) is 0 Å². The molecule has 0 radical (unpaired) electrons. The van der Waals surface area contributed by atoms with Crippen molar-refractivity contribution in [1.82, 2.24) is 0 Å². The Morgan fingerprint density at radius 1 is 1.15 bits per heavy atom. The Bertz CT molecular complexity index is 379. The van der Waals surface area contributed by atoms with Crippen molar-refractivity contribution < 1.29 is 19.5 Å². The maximum atomic E-state index is 9.37. The zero-order valence-electron chi connectivity index (χ0n) is 13.2. The van der Waals surface area contributed by atoms with E-state index in [4.69, 9.17) is 9.47 Å². The van der Waals surface area contributed by atoms with Gasteiger partial charge in [-0.25, -0.2) is 4.99 Å². The van der Waals surface area contributed by atoms with E-state index in [0.717, 1.165) is 0 Å². The molecule has 0 aliphatic carbocycles. The minimum atomic E-state index is -1.75. The van der Waals surface area contributed by atoms with Crippen LogP contribution in [0.4, 0.5) is 0 Å². The molecule has 0 aromatic rings. The number of aliphatic imine (C=N–C) groups is 2. The first-order valence-electron chi connectivity index (χ1n) is 6.36. The fraction of sp³-hybridized carbons (Fsp3) is 0.692. The van der Waals surface area contributed by atoms with Gasteiger partial charge in [0.1, 0.15) is 12.3 Å². The standard InChI is InChI=1S/C13H25BN2O4/c1-12(2,3)19-9-16-11(20-13(4,5)6)10(8-15-7)14(17)18/h8,17-18H,7,9H2,1-6H3/b10-8+,16-11+. The van der Waals surface area contributed by atoms with Crippen LogP contribution in [0.1, 0.15) is 41.5 Å². The summed E-state index contributed by atoms with van der Waals surface area (Å²) in [5.74, 6) is 0.0733. The van der Waals surface area contributed by atoms with Crippen LogP contribution in [-0.2, 0) is 9.47 Å². The molecular formula is C13H25BN2O4. The van der Waals surface area contributed by atoms with Crippen molar-refractivity contribution in [1.29, 1.82) is 0 Å². The summed E-state index contributed by atoms with van der Waals surface area (Å²) in [6.07, 6.45) is 1.20. The molecule has 6 nitrogen and oxygen atoms in total. The lowest BCUT2D eigenvalue weighted by Crippen LogP contribution is -2.31. The van der Waals surface area contributed by atoms with Crippen molar-refractivity contribution >= 4 is 19.7 Å². The summed E-state index contributed by atoms with van der Waals surface area (Å²) in [4.78, 5) is 7.66. The Labute approximate surface area is 121 Å². The summed E-state index contributed by atoms with van der Waals surface area (Å²) in [5.41, 5.74) is -0.864. The number of hydrogen-bond acceptors (Lipinski definition) is 6. The minimum absolute atomic E-state index is 0.0347. The fourth-order valence-corrected chi connectivity index (χ4v) is 1.09. The lowest BCUT2D eigenvalue weighted by Gasteiger charge is -2.24. The molecule has 0 aromatic carbocycles. The highest BCUT2D eigenvalue weighted by molar-refractivity contribution is 6.58. The van der Waals surface area contributed by atoms with Gasteiger partial charge in [0.2, 0.25) is 5.90 Å². The summed E-state index contributed by atoms with van der Waals surface area (Å²) in [5, 5.41) is 18.7. The zero-order valence-corrected chi connectivity index (χ0v) is 13.2. The second-order valence-corrected chi connectivity index (χ2v) is 6.20. The van der Waals surface area contributed by atoms with Gasteiger partial charge in [0.05, 0.1) is 11.1 Å². The number of rotatable bonds is 5. The van der Waals surface area contributed by atoms with Gasteiger partial charge >= 0.3 is 7.12 Å². The molecule has 114 valence electrons. The van der Waals surface area contributed by atoms with Gasteiger partial charge in [-0.05, 0) is 48.3 Å². The first-order chi connectivity index (χ1) is 8.96. The van der Waals surface area contributed by atoms with E-state index in [-0.39, 0.29) is 23.7 Å². The molecule has 0 unspecified atom stereocenters. The van der Waals surface area contributed by atoms with E-state index in [1.165, 1.54) is 6.20 Å². The molecule has 0 spiro atoms. The Hall–Kier alpha value is -1.18. The molecular weight excluding hydrogens is 259 g/mol. The van der Waals surface area contributed by atoms with Crippen LogP contribution >= 0.6 is 0 Å². The van der Waals surface area contributed by atoms with Crippen LogP contribution in [0, 0.1) is 0 Å². The third-order valence-corrected chi connectivity index (χ3v) is 1.86. The Kier molecular flexibility index (Phi) is 7.12. The molecule has 2 N–H and O–H groups in total. The molecule has 0 atom stereocenters. The molecule has 0 aromatic heterocycles. The monoisotopic (exact) mass is 284 g/mol. The van der Waals surface area contributed by atoms with Crippen molar-refractivity contribution in [3.8, 4) is 0 Å². The molecule has 0 aliphatic heterocycles. The largest absolute Gasteiger partial charge is 0.495 e. The van der Waals surface area contributed by atoms with Gasteiger partial charge in [-0.1, -0.05) is 0 Å². The van der Waals surface area contributed by atoms with Crippen LogP contribution in [0.25, 0.3) is 0 Å². The van der Waals surface area contributed by atoms with Crippen molar-refractivity contribution in [2.24, 2.45) is 9.98 Å². The lowest BCUT2D eigenvalue weighted by atomic mass is 9.79. The molecule has 7 heteroatoms. The summed E-state index contributed by atoms with van der Waals surface area (Å²) in [7, 11) is -1.75. The summed E-state index contributed by atoms with van der Waals surface area (Å²) >= 11 is 0. The average Bonchev–Trinajstić information content (AvgIpc) is 2.20. The normalized spacial score (nSPS) is 14.2. The van der Waals surface area contributed by atoms with E-state index in [1.54, 1.807) is 0 Å². The quantitative estimate of drug-likeness (QED) is 0.456. The average molecular weight is 284 g/mol. The van der Waals surface area contributed by atoms with Gasteiger partial charge in [-0.2, -0.15) is 0 Å². The number of ether oxygens (including phenoxy) is 2. The molecule has 0 saturated carbocycles. The highest BCUT2D eigenvalue weighted by Crippen LogP contribution is 2.14. The third kappa shape index (κ3) is 8.85. The minimum Gasteiger partial charge on any atom is -0.472 e. The van der Waals surface area contributed by atoms with Crippen molar-refractivity contribution in [2.75, 3.05) is 6.73 Å². The highest BCUT2D eigenvalue weighted by atomic mass is 16.5. The van der Waals surface area contributed by atoms with Gasteiger partial charge in [-0.3, -0.25) is 4.99 Å². The van der Waals surface area contributed by atoms with Gasteiger partial charge in [0.15, 0.2) is 0 Å². The molecule has 0 saturated heterocycles. The van der Waals surface area contributed by atoms with Gasteiger partial charge in [0, 0.05) is 6.20 Å². The Balaban J connectivity index is 5.21. The topological polar surface area (TPSA) is 83.6 Å². The molecule has 0 heterocycles. The van der Waals surface area contributed by atoms with E-state index in [9.17, 15) is 10.0 Å². The van der Waals surface area contributed by atoms with Crippen LogP contribution in [0.5, 0.6) is 0 Å². The second kappa shape index (κ2) is 7.57. The number of nitrogens with zero attached hydrogens (tertiary/aromatic N) is 2. The fourth-order valence-electron chi connectivity index (χ4n) is 1.09. The van der Waals surface area contributed by atoms with Crippen molar-refractivity contribution in [2.45, 2.75) is 52.7 Å². The van der Waals surface area contributed by atoms with E-state index >= 15 is 0 Å². The predicted molar refractivity (Wildman–Crippen MR) is 81.8 cm³/mol. The first-order valence-corrected chi connectivity index (χ1v) is 6.36. The summed E-state index contributed by atoms with van der Waals surface area (Å²) in [6.45, 7) is 14.5. The lowest BCUT2D eigenvalue weighted by molar-refractivity contribution is 0.000307. The second-order valence-electron chi connectivity index (χ2n) is 6.20. The Morgan fingerprint density at radius 3 is 2.05 bits per heavy atom. The third-order valence-electron chi connectivity index (χ3n) is 1.86. The molecule has 0 aliphatic rings. The Morgan fingerprint density at radius 2 is 1.70 bits per heavy atom. The molecule has 0 fully saturated rings. The van der Waals surface area contributed by atoms with Gasteiger partial charge < -0.3 is 19.5 Å². The van der Waals surface area contributed by atoms with E-state index in [0.29, 0.717) is 0 Å². The molecule has 0 amide bonds. The SMILES string of the molecule is C=N/C=C(B(O)O)\C(=N/COC(C)(C)C)OC(C)(C)C. The summed E-state index contributed by atoms with van der Waals surface area (Å²) < 4.78 is 11.1. The maximum Gasteiger partial charge on any atom is 0.495 e. The molecule has 0 bridgehead atoms. The summed E-state index contributed by atoms with van der Waals surface area (Å²) in [6, 6.07) is 0. The van der Waals surface area contributed by atoms with Crippen LogP contribution in [0.3, 0.4) is 0 Å².